The van der Waals surface area contributed by atoms with Gasteiger partial charge in [0, 0.05) is 11.6 Å². The lowest BCUT2D eigenvalue weighted by molar-refractivity contribution is 0.269. The molecule has 0 radical (unpaired) electrons. The standard InChI is InChI=1S/C20H21Cl2N5O2/c1-3-8-27-20(24-25-26-27)23-12-15-10-17(22)19(18(11-15)28-4-2)29-13-14-6-5-7-16(21)9-14/h3,5-7,9-11H,1,4,8,12-13H2,2H3,(H,23,24,26). The molecule has 0 saturated carbocycles. The Bertz CT molecular complexity index is 977. The lowest BCUT2D eigenvalue weighted by atomic mass is 10.2. The Balaban J connectivity index is 1.74. The minimum Gasteiger partial charge on any atom is -0.490 e. The molecule has 0 aliphatic rings. The van der Waals surface area contributed by atoms with E-state index in [1.807, 2.05) is 43.3 Å². The highest BCUT2D eigenvalue weighted by atomic mass is 35.5. The molecule has 1 heterocycles. The molecule has 0 bridgehead atoms. The molecule has 9 heteroatoms. The van der Waals surface area contributed by atoms with Gasteiger partial charge in [-0.05, 0) is 52.7 Å². The van der Waals surface area contributed by atoms with Crippen molar-refractivity contribution >= 4 is 29.2 Å². The Hall–Kier alpha value is -2.77. The number of aromatic nitrogens is 4. The first-order valence-electron chi connectivity index (χ1n) is 9.04. The Morgan fingerprint density at radius 2 is 2.03 bits per heavy atom. The summed E-state index contributed by atoms with van der Waals surface area (Å²) in [4.78, 5) is 0. The topological polar surface area (TPSA) is 74.1 Å². The van der Waals surface area contributed by atoms with Crippen LogP contribution in [0.1, 0.15) is 18.1 Å². The first kappa shape index (κ1) is 21.0. The van der Waals surface area contributed by atoms with Crippen LogP contribution in [0.2, 0.25) is 10.0 Å². The summed E-state index contributed by atoms with van der Waals surface area (Å²) in [7, 11) is 0. The Kier molecular flexibility index (Phi) is 7.32. The van der Waals surface area contributed by atoms with Crippen LogP contribution < -0.4 is 14.8 Å². The summed E-state index contributed by atoms with van der Waals surface area (Å²) >= 11 is 12.5. The highest BCUT2D eigenvalue weighted by Crippen LogP contribution is 2.37. The highest BCUT2D eigenvalue weighted by Gasteiger charge is 2.14. The number of nitrogens with one attached hydrogen (secondary N) is 1. The second-order valence-electron chi connectivity index (χ2n) is 6.08. The third kappa shape index (κ3) is 5.62. The highest BCUT2D eigenvalue weighted by molar-refractivity contribution is 6.32. The van der Waals surface area contributed by atoms with Crippen molar-refractivity contribution in [3.8, 4) is 11.5 Å². The molecule has 3 rings (SSSR count). The van der Waals surface area contributed by atoms with E-state index in [1.165, 1.54) is 0 Å². The summed E-state index contributed by atoms with van der Waals surface area (Å²) in [5.74, 6) is 1.61. The summed E-state index contributed by atoms with van der Waals surface area (Å²) in [5, 5.41) is 15.8. The van der Waals surface area contributed by atoms with Gasteiger partial charge < -0.3 is 14.8 Å². The van der Waals surface area contributed by atoms with Gasteiger partial charge in [0.25, 0.3) is 0 Å². The van der Waals surface area contributed by atoms with E-state index in [9.17, 15) is 0 Å². The van der Waals surface area contributed by atoms with Crippen molar-refractivity contribution in [3.05, 3.63) is 70.2 Å². The molecule has 0 fully saturated rings. The first-order valence-corrected chi connectivity index (χ1v) is 9.79. The average Bonchev–Trinajstić information content (AvgIpc) is 3.13. The molecule has 0 aliphatic carbocycles. The maximum absolute atomic E-state index is 6.49. The zero-order valence-electron chi connectivity index (χ0n) is 15.9. The van der Waals surface area contributed by atoms with E-state index in [4.69, 9.17) is 32.7 Å². The van der Waals surface area contributed by atoms with Gasteiger partial charge in [0.15, 0.2) is 11.5 Å². The van der Waals surface area contributed by atoms with Crippen molar-refractivity contribution in [2.24, 2.45) is 0 Å². The van der Waals surface area contributed by atoms with Gasteiger partial charge >= 0.3 is 0 Å². The number of halogens is 2. The number of rotatable bonds is 10. The molecular formula is C20H21Cl2N5O2. The number of allylic oxidation sites excluding steroid dienone is 1. The van der Waals surface area contributed by atoms with E-state index in [1.54, 1.807) is 10.8 Å². The van der Waals surface area contributed by atoms with Gasteiger partial charge in [-0.25, -0.2) is 4.68 Å². The summed E-state index contributed by atoms with van der Waals surface area (Å²) in [5.41, 5.74) is 1.84. The molecule has 1 aromatic heterocycles. The molecule has 0 atom stereocenters. The number of hydrogen-bond donors (Lipinski definition) is 1. The maximum atomic E-state index is 6.49. The number of hydrogen-bond acceptors (Lipinski definition) is 6. The number of anilines is 1. The molecule has 0 spiro atoms. The molecular weight excluding hydrogens is 413 g/mol. The molecule has 7 nitrogen and oxygen atoms in total. The van der Waals surface area contributed by atoms with E-state index < -0.39 is 0 Å². The number of ether oxygens (including phenoxy) is 2. The third-order valence-electron chi connectivity index (χ3n) is 3.93. The fourth-order valence-electron chi connectivity index (χ4n) is 2.67. The van der Waals surface area contributed by atoms with E-state index in [-0.39, 0.29) is 0 Å². The number of nitrogens with zero attached hydrogens (tertiary/aromatic N) is 4. The van der Waals surface area contributed by atoms with Crippen LogP contribution in [0.3, 0.4) is 0 Å². The van der Waals surface area contributed by atoms with Gasteiger partial charge in [-0.2, -0.15) is 0 Å². The maximum Gasteiger partial charge on any atom is 0.243 e. The van der Waals surface area contributed by atoms with Crippen molar-refractivity contribution in [3.63, 3.8) is 0 Å². The van der Waals surface area contributed by atoms with Crippen LogP contribution in [-0.4, -0.2) is 26.8 Å². The molecule has 2 aromatic carbocycles. The lowest BCUT2D eigenvalue weighted by Crippen LogP contribution is -2.09. The first-order chi connectivity index (χ1) is 14.1. The van der Waals surface area contributed by atoms with Gasteiger partial charge in [-0.1, -0.05) is 46.5 Å². The fraction of sp³-hybridized carbons (Fsp3) is 0.250. The number of tetrazole rings is 1. The van der Waals surface area contributed by atoms with Crippen molar-refractivity contribution < 1.29 is 9.47 Å². The van der Waals surface area contributed by atoms with E-state index >= 15 is 0 Å². The Morgan fingerprint density at radius 1 is 1.17 bits per heavy atom. The smallest absolute Gasteiger partial charge is 0.243 e. The van der Waals surface area contributed by atoms with Crippen molar-refractivity contribution in [1.82, 2.24) is 20.2 Å². The van der Waals surface area contributed by atoms with Crippen LogP contribution in [0.25, 0.3) is 0 Å². The van der Waals surface area contributed by atoms with Crippen molar-refractivity contribution in [1.29, 1.82) is 0 Å². The largest absolute Gasteiger partial charge is 0.490 e. The quantitative estimate of drug-likeness (QED) is 0.464. The van der Waals surface area contributed by atoms with Crippen LogP contribution in [-0.2, 0) is 19.7 Å². The van der Waals surface area contributed by atoms with Gasteiger partial charge in [-0.3, -0.25) is 0 Å². The van der Waals surface area contributed by atoms with Crippen LogP contribution >= 0.6 is 23.2 Å². The van der Waals surface area contributed by atoms with E-state index in [2.05, 4.69) is 27.4 Å². The van der Waals surface area contributed by atoms with Crippen LogP contribution in [0.15, 0.2) is 49.1 Å². The molecule has 0 unspecified atom stereocenters. The molecule has 0 saturated heterocycles. The van der Waals surface area contributed by atoms with Crippen LogP contribution in [0.5, 0.6) is 11.5 Å². The van der Waals surface area contributed by atoms with E-state index in [0.29, 0.717) is 53.8 Å². The van der Waals surface area contributed by atoms with Gasteiger partial charge in [0.05, 0.1) is 18.2 Å². The van der Waals surface area contributed by atoms with Crippen molar-refractivity contribution in [2.75, 3.05) is 11.9 Å². The monoisotopic (exact) mass is 433 g/mol. The van der Waals surface area contributed by atoms with Crippen LogP contribution in [0, 0.1) is 0 Å². The molecule has 29 heavy (non-hydrogen) atoms. The molecule has 3 aromatic rings. The second-order valence-corrected chi connectivity index (χ2v) is 6.93. The minimum absolute atomic E-state index is 0.328. The minimum atomic E-state index is 0.328. The summed E-state index contributed by atoms with van der Waals surface area (Å²) in [6, 6.07) is 11.2. The normalized spacial score (nSPS) is 10.6. The molecule has 0 amide bonds. The molecule has 152 valence electrons. The van der Waals surface area contributed by atoms with Crippen LogP contribution in [0.4, 0.5) is 5.95 Å². The predicted molar refractivity (Wildman–Crippen MR) is 114 cm³/mol. The summed E-state index contributed by atoms with van der Waals surface area (Å²) in [6.45, 7) is 7.39. The van der Waals surface area contributed by atoms with Crippen molar-refractivity contribution in [2.45, 2.75) is 26.6 Å². The average molecular weight is 434 g/mol. The zero-order valence-corrected chi connectivity index (χ0v) is 17.5. The zero-order chi connectivity index (χ0) is 20.6. The van der Waals surface area contributed by atoms with Gasteiger partial charge in [0.2, 0.25) is 5.95 Å². The third-order valence-corrected chi connectivity index (χ3v) is 4.44. The second kappa shape index (κ2) is 10.1. The van der Waals surface area contributed by atoms with Gasteiger partial charge in [0.1, 0.15) is 6.61 Å². The van der Waals surface area contributed by atoms with Gasteiger partial charge in [-0.15, -0.1) is 6.58 Å². The Labute approximate surface area is 179 Å². The SMILES string of the molecule is C=CCn1nnnc1NCc1cc(Cl)c(OCc2cccc(Cl)c2)c(OCC)c1. The Morgan fingerprint density at radius 3 is 2.79 bits per heavy atom. The van der Waals surface area contributed by atoms with E-state index in [0.717, 1.165) is 11.1 Å². The summed E-state index contributed by atoms with van der Waals surface area (Å²) < 4.78 is 13.3. The molecule has 0 aliphatic heterocycles. The summed E-state index contributed by atoms with van der Waals surface area (Å²) in [6.07, 6.45) is 1.72. The molecule has 1 N–H and O–H groups in total. The predicted octanol–water partition coefficient (Wildman–Crippen LogP) is 4.76. The fourth-order valence-corrected chi connectivity index (χ4v) is 3.17. The lowest BCUT2D eigenvalue weighted by Gasteiger charge is -2.16. The number of benzene rings is 2.